The van der Waals surface area contributed by atoms with Crippen LogP contribution in [-0.2, 0) is 27.7 Å². The van der Waals surface area contributed by atoms with Crippen LogP contribution in [0.15, 0.2) is 0 Å². The monoisotopic (exact) mass is 460 g/mol. The quantitative estimate of drug-likeness (QED) is 0.345. The summed E-state index contributed by atoms with van der Waals surface area (Å²) in [6, 6.07) is 0. The Morgan fingerprint density at radius 1 is 1.29 bits per heavy atom. The van der Waals surface area contributed by atoms with Crippen LogP contribution in [0, 0.1) is 0 Å². The first-order valence-corrected chi connectivity index (χ1v) is 4.41. The summed E-state index contributed by atoms with van der Waals surface area (Å²) in [6.45, 7) is 0. The second-order valence-electron chi connectivity index (χ2n) is 0. The third-order valence-electron chi connectivity index (χ3n) is 0. The zero-order valence-corrected chi connectivity index (χ0v) is 13.0. The van der Waals surface area contributed by atoms with Crippen LogP contribution in [0.4, 0.5) is 0 Å². The fourth-order valence-corrected chi connectivity index (χ4v) is 0. The van der Waals surface area contributed by atoms with Gasteiger partial charge in [-0.2, -0.15) is 0 Å². The van der Waals surface area contributed by atoms with Crippen molar-refractivity contribution in [3.05, 3.63) is 0 Å². The zero-order chi connectivity index (χ0) is 6.00. The average molecular weight is 459 g/mol. The minimum atomic E-state index is 0. The van der Waals surface area contributed by atoms with Gasteiger partial charge in [0.05, 0.1) is 0 Å². The van der Waals surface area contributed by atoms with Gasteiger partial charge in [-0.1, -0.05) is 0 Å². The molecule has 0 aliphatic heterocycles. The summed E-state index contributed by atoms with van der Waals surface area (Å²) >= 11 is 0.881. The fourth-order valence-electron chi connectivity index (χ4n) is 0. The minimum absolute atomic E-state index is 0. The molecule has 0 unspecified atom stereocenters. The Morgan fingerprint density at radius 2 is 1.29 bits per heavy atom. The summed E-state index contributed by atoms with van der Waals surface area (Å²) in [7, 11) is 0. The van der Waals surface area contributed by atoms with Gasteiger partial charge in [0.1, 0.15) is 0 Å². The third-order valence-corrected chi connectivity index (χ3v) is 0. The molecule has 0 saturated carbocycles. The van der Waals surface area contributed by atoms with E-state index >= 15 is 0 Å². The maximum absolute atomic E-state index is 8.39. The van der Waals surface area contributed by atoms with Crippen molar-refractivity contribution >= 4 is 47.0 Å². The molecule has 0 fully saturated rings. The Bertz CT molecular complexity index is 24.0. The van der Waals surface area contributed by atoms with Gasteiger partial charge in [-0.15, -0.1) is 0 Å². The predicted molar refractivity (Wildman–Crippen MR) is 16.1 cm³/mol. The first-order valence-electron chi connectivity index (χ1n) is 0.659. The van der Waals surface area contributed by atoms with E-state index in [0.717, 1.165) is 0 Å². The second-order valence-corrected chi connectivity index (χ2v) is 0. The van der Waals surface area contributed by atoms with Crippen molar-refractivity contribution < 1.29 is 48.0 Å². The molecule has 7 heteroatoms. The molecule has 0 amide bonds. The van der Waals surface area contributed by atoms with Crippen molar-refractivity contribution in [1.29, 1.82) is 0 Å². The van der Waals surface area contributed by atoms with Gasteiger partial charge in [-0.25, -0.2) is 0 Å². The van der Waals surface area contributed by atoms with E-state index in [1.165, 1.54) is 0 Å². The second kappa shape index (κ2) is 83.9. The van der Waals surface area contributed by atoms with Gasteiger partial charge in [0.15, 0.2) is 0 Å². The van der Waals surface area contributed by atoms with Gasteiger partial charge < -0.3 is 1.43 Å². The van der Waals surface area contributed by atoms with E-state index in [4.69, 9.17) is 9.49 Å². The molecule has 0 aliphatic carbocycles. The van der Waals surface area contributed by atoms with E-state index in [1.54, 1.807) is 0 Å². The van der Waals surface area contributed by atoms with E-state index in [1.807, 2.05) is 0 Å². The Hall–Kier alpha value is 2.29. The fraction of sp³-hybridized carbons (Fsp3) is 0. The van der Waals surface area contributed by atoms with Gasteiger partial charge in [-0.3, -0.25) is 0 Å². The average Bonchev–Trinajstić information content (AvgIpc) is 1.81. The van der Waals surface area contributed by atoms with Crippen molar-refractivity contribution in [3.63, 3.8) is 0 Å². The van der Waals surface area contributed by atoms with Crippen LogP contribution < -0.4 is 18.9 Å². The number of rotatable bonds is 0. The topological polar surface area (TPSA) is 51.2 Å². The Labute approximate surface area is 93.5 Å². The van der Waals surface area contributed by atoms with Crippen LogP contribution in [0.1, 0.15) is 1.43 Å². The molecule has 0 atom stereocenters. The normalized spacial score (nSPS) is 2.00. The molecule has 0 aliphatic rings. The summed E-state index contributed by atoms with van der Waals surface area (Å²) in [4.78, 5) is 0. The molecule has 0 aromatic carbocycles. The summed E-state index contributed by atoms with van der Waals surface area (Å²) < 4.78 is 25.0. The summed E-state index contributed by atoms with van der Waals surface area (Å²) in [5, 5.41) is 0. The molecule has 0 radical (unpaired) electrons. The Morgan fingerprint density at radius 3 is 1.29 bits per heavy atom. The molecule has 0 heterocycles. The number of hydrogen-bond acceptors (Lipinski definition) is 3. The molecule has 34 valence electrons. The van der Waals surface area contributed by atoms with E-state index in [9.17, 15) is 0 Å². The molecule has 0 aromatic heterocycles. The SMILES string of the molecule is O=[Te].[H-].[Li+].[O]=[BiH].[O]=[Zn]. The van der Waals surface area contributed by atoms with Crippen LogP contribution in [-0.4, -0.2) is 47.0 Å². The predicted octanol–water partition coefficient (Wildman–Crippen LogP) is -4.27. The Kier molecular flexibility index (Phi) is 273. The van der Waals surface area contributed by atoms with Crippen molar-refractivity contribution in [3.8, 4) is 0 Å². The summed E-state index contributed by atoms with van der Waals surface area (Å²) in [5.41, 5.74) is 0. The summed E-state index contributed by atoms with van der Waals surface area (Å²) in [5.74, 6) is 0. The van der Waals surface area contributed by atoms with Crippen molar-refractivity contribution in [2.45, 2.75) is 0 Å². The molecule has 0 spiro atoms. The van der Waals surface area contributed by atoms with Crippen molar-refractivity contribution in [1.82, 2.24) is 0 Å². The van der Waals surface area contributed by atoms with E-state index in [-0.39, 0.29) is 63.3 Å². The van der Waals surface area contributed by atoms with Gasteiger partial charge in [-0.05, 0) is 0 Å². The van der Waals surface area contributed by atoms with Crippen molar-refractivity contribution in [2.24, 2.45) is 0 Å². The van der Waals surface area contributed by atoms with E-state index < -0.39 is 0 Å². The third kappa shape index (κ3) is 62.4. The van der Waals surface area contributed by atoms with E-state index in [2.05, 4.69) is 0 Å². The first kappa shape index (κ1) is 22.8. The van der Waals surface area contributed by atoms with E-state index in [0.29, 0.717) is 22.3 Å². The van der Waals surface area contributed by atoms with Gasteiger partial charge in [0.2, 0.25) is 0 Å². The molecule has 3 nitrogen and oxygen atoms in total. The van der Waals surface area contributed by atoms with Crippen LogP contribution >= 0.6 is 0 Å². The standard InChI is InChI=1S/Bi.Li.OTe.2O.Zn.2H/c;;1-2;;;;;/q;+1;;;;;;-1. The number of hydrogen-bond donors (Lipinski definition) is 0. The van der Waals surface area contributed by atoms with Crippen LogP contribution in [0.5, 0.6) is 0 Å². The van der Waals surface area contributed by atoms with Gasteiger partial charge in [0, 0.05) is 0 Å². The molecule has 0 saturated heterocycles. The molecular weight excluding hydrogens is 457 g/mol. The molecular formula is H2BiLiO3TeZn. The Balaban J connectivity index is -0.00000000500. The zero-order valence-electron chi connectivity index (χ0n) is 4.84. The van der Waals surface area contributed by atoms with Gasteiger partial charge in [0.25, 0.3) is 0 Å². The van der Waals surface area contributed by atoms with Gasteiger partial charge >= 0.3 is 93.6 Å². The molecule has 0 rings (SSSR count). The molecule has 0 bridgehead atoms. The van der Waals surface area contributed by atoms with Crippen LogP contribution in [0.25, 0.3) is 0 Å². The van der Waals surface area contributed by atoms with Crippen LogP contribution in [0.3, 0.4) is 0 Å². The van der Waals surface area contributed by atoms with Crippen molar-refractivity contribution in [2.75, 3.05) is 0 Å². The molecule has 7 heavy (non-hydrogen) atoms. The molecule has 0 aromatic rings. The molecule has 0 N–H and O–H groups in total. The maximum atomic E-state index is 8.39. The first-order chi connectivity index (χ1) is 3.00. The summed E-state index contributed by atoms with van der Waals surface area (Å²) in [6.07, 6.45) is 0. The van der Waals surface area contributed by atoms with Crippen LogP contribution in [0.2, 0.25) is 0 Å².